The van der Waals surface area contributed by atoms with Crippen molar-refractivity contribution in [3.8, 4) is 5.75 Å². The fourth-order valence-corrected chi connectivity index (χ4v) is 2.62. The topological polar surface area (TPSA) is 38.8 Å². The highest BCUT2D eigenvalue weighted by Crippen LogP contribution is 2.25. The Hall–Kier alpha value is -2.13. The zero-order chi connectivity index (χ0) is 17.3. The van der Waals surface area contributed by atoms with Crippen LogP contribution in [0.15, 0.2) is 42.5 Å². The van der Waals surface area contributed by atoms with E-state index in [-0.39, 0.29) is 17.3 Å². The number of ether oxygens (including phenoxy) is 2. The number of rotatable bonds is 5. The quantitative estimate of drug-likeness (QED) is 0.608. The summed E-state index contributed by atoms with van der Waals surface area (Å²) in [5.74, 6) is 0.832. The molecule has 0 aliphatic carbocycles. The molecule has 126 valence electrons. The molecule has 3 heteroatoms. The van der Waals surface area contributed by atoms with Gasteiger partial charge < -0.3 is 9.47 Å². The summed E-state index contributed by atoms with van der Waals surface area (Å²) in [6.07, 6.45) is 0.228. The van der Waals surface area contributed by atoms with Crippen molar-refractivity contribution >= 4 is 5.78 Å². The van der Waals surface area contributed by atoms with E-state index in [9.17, 15) is 4.79 Å². The second-order valence-electron chi connectivity index (χ2n) is 7.40. The summed E-state index contributed by atoms with van der Waals surface area (Å²) in [7, 11) is 0. The van der Waals surface area contributed by atoms with Crippen molar-refractivity contribution in [1.29, 1.82) is 0 Å². The molecule has 0 radical (unpaired) electrons. The molecule has 1 aliphatic heterocycles. The molecule has 0 amide bonds. The van der Waals surface area contributed by atoms with Crippen LogP contribution in [0.3, 0.4) is 0 Å². The number of hydrogen-bond donors (Lipinski definition) is 0. The molecule has 2 aromatic carbocycles. The van der Waals surface area contributed by atoms with Gasteiger partial charge in [-0.25, -0.2) is 0 Å². The van der Waals surface area contributed by atoms with Crippen LogP contribution in [0, 0.1) is 6.92 Å². The maximum Gasteiger partial charge on any atom is 0.193 e. The molecule has 3 nitrogen and oxygen atoms in total. The molecule has 1 atom stereocenters. The van der Waals surface area contributed by atoms with Crippen molar-refractivity contribution in [2.75, 3.05) is 13.2 Å². The van der Waals surface area contributed by atoms with Crippen LogP contribution in [0.25, 0.3) is 0 Å². The van der Waals surface area contributed by atoms with E-state index in [4.69, 9.17) is 9.47 Å². The largest absolute Gasteiger partial charge is 0.491 e. The van der Waals surface area contributed by atoms with Gasteiger partial charge in [0.2, 0.25) is 0 Å². The van der Waals surface area contributed by atoms with Gasteiger partial charge in [0.15, 0.2) is 5.78 Å². The number of epoxide rings is 1. The van der Waals surface area contributed by atoms with Crippen molar-refractivity contribution in [2.45, 2.75) is 39.2 Å². The van der Waals surface area contributed by atoms with Crippen molar-refractivity contribution < 1.29 is 14.3 Å². The van der Waals surface area contributed by atoms with E-state index in [1.54, 1.807) is 0 Å². The lowest BCUT2D eigenvalue weighted by Crippen LogP contribution is -2.13. The molecule has 1 heterocycles. The summed E-state index contributed by atoms with van der Waals surface area (Å²) in [5.41, 5.74) is 3.56. The molecule has 1 saturated heterocycles. The molecule has 0 bridgehead atoms. The number of hydrogen-bond acceptors (Lipinski definition) is 3. The molecular weight excluding hydrogens is 300 g/mol. The fraction of sp³-hybridized carbons (Fsp3) is 0.381. The molecule has 1 fully saturated rings. The molecule has 24 heavy (non-hydrogen) atoms. The van der Waals surface area contributed by atoms with Crippen LogP contribution in [-0.4, -0.2) is 25.1 Å². The van der Waals surface area contributed by atoms with Crippen LogP contribution in [0.4, 0.5) is 0 Å². The van der Waals surface area contributed by atoms with Gasteiger partial charge in [0.05, 0.1) is 6.61 Å². The lowest BCUT2D eigenvalue weighted by molar-refractivity contribution is 0.103. The smallest absolute Gasteiger partial charge is 0.193 e. The summed E-state index contributed by atoms with van der Waals surface area (Å²) in [5, 5.41) is 0. The standard InChI is InChI=1S/C21H24O3/c1-14-10-17(23-12-18-13-24-18)8-9-19(14)20(22)15-6-5-7-16(11-15)21(2,3)4/h5-11,18H,12-13H2,1-4H3. The number of ketones is 1. The van der Waals surface area contributed by atoms with E-state index in [0.29, 0.717) is 6.61 Å². The third-order valence-corrected chi connectivity index (χ3v) is 4.27. The molecule has 0 spiro atoms. The van der Waals surface area contributed by atoms with Gasteiger partial charge in [0, 0.05) is 11.1 Å². The van der Waals surface area contributed by atoms with Gasteiger partial charge in [-0.05, 0) is 47.7 Å². The molecule has 1 aliphatic rings. The zero-order valence-electron chi connectivity index (χ0n) is 14.8. The molecule has 3 rings (SSSR count). The van der Waals surface area contributed by atoms with Crippen molar-refractivity contribution in [3.05, 3.63) is 64.7 Å². The highest BCUT2D eigenvalue weighted by Gasteiger charge is 2.23. The number of carbonyl (C=O) groups is 1. The van der Waals surface area contributed by atoms with Gasteiger partial charge in [-0.1, -0.05) is 39.0 Å². The average Bonchev–Trinajstić information content (AvgIpc) is 3.36. The van der Waals surface area contributed by atoms with Gasteiger partial charge in [-0.15, -0.1) is 0 Å². The maximum atomic E-state index is 12.9. The number of carbonyl (C=O) groups excluding carboxylic acids is 1. The Labute approximate surface area is 143 Å². The molecular formula is C21H24O3. The van der Waals surface area contributed by atoms with Crippen LogP contribution in [-0.2, 0) is 10.2 Å². The van der Waals surface area contributed by atoms with Crippen molar-refractivity contribution in [3.63, 3.8) is 0 Å². The Morgan fingerprint density at radius 2 is 1.96 bits per heavy atom. The van der Waals surface area contributed by atoms with Crippen molar-refractivity contribution in [2.24, 2.45) is 0 Å². The summed E-state index contributed by atoms with van der Waals surface area (Å²) < 4.78 is 10.8. The molecule has 2 aromatic rings. The highest BCUT2D eigenvalue weighted by atomic mass is 16.6. The van der Waals surface area contributed by atoms with Crippen molar-refractivity contribution in [1.82, 2.24) is 0 Å². The monoisotopic (exact) mass is 324 g/mol. The maximum absolute atomic E-state index is 12.9. The van der Waals surface area contributed by atoms with Gasteiger partial charge >= 0.3 is 0 Å². The second kappa shape index (κ2) is 6.40. The van der Waals surface area contributed by atoms with Crippen LogP contribution >= 0.6 is 0 Å². The van der Waals surface area contributed by atoms with E-state index >= 15 is 0 Å². The first kappa shape index (κ1) is 16.7. The first-order valence-corrected chi connectivity index (χ1v) is 8.35. The Morgan fingerprint density at radius 3 is 2.58 bits per heavy atom. The minimum Gasteiger partial charge on any atom is -0.491 e. The number of aryl methyl sites for hydroxylation is 1. The summed E-state index contributed by atoms with van der Waals surface area (Å²) in [6, 6.07) is 13.5. The average molecular weight is 324 g/mol. The summed E-state index contributed by atoms with van der Waals surface area (Å²) in [4.78, 5) is 12.9. The first-order chi connectivity index (χ1) is 11.3. The SMILES string of the molecule is Cc1cc(OCC2CO2)ccc1C(=O)c1cccc(C(C)(C)C)c1. The van der Waals surface area contributed by atoms with Crippen LogP contribution in [0.2, 0.25) is 0 Å². The minimum atomic E-state index is 0.0217. The van der Waals surface area contributed by atoms with Crippen LogP contribution in [0.5, 0.6) is 5.75 Å². The minimum absolute atomic E-state index is 0.0217. The normalized spacial score (nSPS) is 16.8. The predicted molar refractivity (Wildman–Crippen MR) is 95.0 cm³/mol. The van der Waals surface area contributed by atoms with Crippen LogP contribution in [0.1, 0.15) is 47.8 Å². The first-order valence-electron chi connectivity index (χ1n) is 8.35. The van der Waals surface area contributed by atoms with Gasteiger partial charge in [0.25, 0.3) is 0 Å². The third-order valence-electron chi connectivity index (χ3n) is 4.27. The van der Waals surface area contributed by atoms with Gasteiger partial charge in [-0.2, -0.15) is 0 Å². The molecule has 0 saturated carbocycles. The predicted octanol–water partition coefficient (Wildman–Crippen LogP) is 4.30. The van der Waals surface area contributed by atoms with Crippen LogP contribution < -0.4 is 4.74 Å². The fourth-order valence-electron chi connectivity index (χ4n) is 2.62. The molecule has 0 aromatic heterocycles. The second-order valence-corrected chi connectivity index (χ2v) is 7.40. The summed E-state index contributed by atoms with van der Waals surface area (Å²) >= 11 is 0. The lowest BCUT2D eigenvalue weighted by atomic mass is 9.85. The van der Waals surface area contributed by atoms with Gasteiger partial charge in [-0.3, -0.25) is 4.79 Å². The Morgan fingerprint density at radius 1 is 1.21 bits per heavy atom. The molecule has 0 N–H and O–H groups in total. The van der Waals surface area contributed by atoms with E-state index in [1.807, 2.05) is 43.3 Å². The Bertz CT molecular complexity index is 752. The third kappa shape index (κ3) is 3.85. The summed E-state index contributed by atoms with van der Waals surface area (Å²) in [6.45, 7) is 9.74. The zero-order valence-corrected chi connectivity index (χ0v) is 14.8. The van der Waals surface area contributed by atoms with E-state index in [1.165, 1.54) is 0 Å². The van der Waals surface area contributed by atoms with E-state index in [2.05, 4.69) is 26.8 Å². The lowest BCUT2D eigenvalue weighted by Gasteiger charge is -2.19. The van der Waals surface area contributed by atoms with E-state index in [0.717, 1.165) is 34.6 Å². The number of benzene rings is 2. The van der Waals surface area contributed by atoms with E-state index < -0.39 is 0 Å². The molecule has 1 unspecified atom stereocenters. The van der Waals surface area contributed by atoms with Gasteiger partial charge in [0.1, 0.15) is 18.5 Å². The Balaban J connectivity index is 1.81. The Kier molecular flexibility index (Phi) is 4.46. The highest BCUT2D eigenvalue weighted by molar-refractivity contribution is 6.10.